The van der Waals surface area contributed by atoms with Crippen LogP contribution in [-0.2, 0) is 11.3 Å². The highest BCUT2D eigenvalue weighted by Crippen LogP contribution is 2.24. The molecule has 0 aliphatic carbocycles. The van der Waals surface area contributed by atoms with Gasteiger partial charge in [0.2, 0.25) is 0 Å². The summed E-state index contributed by atoms with van der Waals surface area (Å²) in [6, 6.07) is 7.83. The van der Waals surface area contributed by atoms with Crippen LogP contribution in [0.1, 0.15) is 30.2 Å². The summed E-state index contributed by atoms with van der Waals surface area (Å²) in [5.74, 6) is 2.36. The molecule has 0 radical (unpaired) electrons. The summed E-state index contributed by atoms with van der Waals surface area (Å²) in [4.78, 5) is 9.20. The van der Waals surface area contributed by atoms with Crippen molar-refractivity contribution in [2.24, 2.45) is 4.99 Å². The second-order valence-corrected chi connectivity index (χ2v) is 6.59. The molecular weight excluding hydrogens is 495 g/mol. The molecule has 166 valence electrons. The van der Waals surface area contributed by atoms with Crippen molar-refractivity contribution in [1.29, 1.82) is 0 Å². The van der Waals surface area contributed by atoms with Gasteiger partial charge in [-0.25, -0.2) is 4.99 Å². The number of benzene rings is 1. The van der Waals surface area contributed by atoms with Crippen molar-refractivity contribution >= 4 is 35.6 Å². The van der Waals surface area contributed by atoms with E-state index in [9.17, 15) is 0 Å². The highest BCUT2D eigenvalue weighted by Gasteiger charge is 2.09. The maximum Gasteiger partial charge on any atom is 0.196 e. The highest BCUT2D eigenvalue weighted by molar-refractivity contribution is 14.0. The molecule has 0 saturated heterocycles. The van der Waals surface area contributed by atoms with Crippen molar-refractivity contribution in [1.82, 2.24) is 10.3 Å². The number of anilines is 1. The Morgan fingerprint density at radius 1 is 1.17 bits per heavy atom. The van der Waals surface area contributed by atoms with Gasteiger partial charge < -0.3 is 24.8 Å². The number of hydrogen-bond acceptors (Lipinski definition) is 5. The fraction of sp³-hybridized carbons (Fsp3) is 0.455. The molecule has 1 heterocycles. The van der Waals surface area contributed by atoms with E-state index in [2.05, 4.69) is 20.6 Å². The molecule has 0 fully saturated rings. The Morgan fingerprint density at radius 3 is 2.67 bits per heavy atom. The van der Waals surface area contributed by atoms with E-state index in [-0.39, 0.29) is 24.0 Å². The SMILES string of the molecule is CCNC(=NCc1ncc(C)c(OC)c1C)Nc1cccc(OCCCOC)c1.I. The topological polar surface area (TPSA) is 77.0 Å². The molecular formula is C22H33IN4O3. The molecule has 0 bridgehead atoms. The first-order chi connectivity index (χ1) is 14.1. The van der Waals surface area contributed by atoms with Crippen LogP contribution in [0.2, 0.25) is 0 Å². The number of aliphatic imine (C=N–C) groups is 1. The zero-order valence-corrected chi connectivity index (χ0v) is 20.8. The lowest BCUT2D eigenvalue weighted by molar-refractivity contribution is 0.172. The van der Waals surface area contributed by atoms with Gasteiger partial charge in [-0.15, -0.1) is 24.0 Å². The van der Waals surface area contributed by atoms with Crippen LogP contribution in [0.5, 0.6) is 11.5 Å². The Morgan fingerprint density at radius 2 is 1.97 bits per heavy atom. The molecule has 2 rings (SSSR count). The van der Waals surface area contributed by atoms with Crippen LogP contribution in [0, 0.1) is 13.8 Å². The third-order valence-corrected chi connectivity index (χ3v) is 4.34. The zero-order chi connectivity index (χ0) is 21.1. The van der Waals surface area contributed by atoms with E-state index in [1.54, 1.807) is 14.2 Å². The van der Waals surface area contributed by atoms with Crippen molar-refractivity contribution < 1.29 is 14.2 Å². The van der Waals surface area contributed by atoms with Crippen LogP contribution in [-0.4, -0.2) is 44.9 Å². The number of hydrogen-bond donors (Lipinski definition) is 2. The average molecular weight is 528 g/mol. The third kappa shape index (κ3) is 7.98. The summed E-state index contributed by atoms with van der Waals surface area (Å²) in [5, 5.41) is 6.59. The molecule has 0 saturated carbocycles. The Labute approximate surface area is 196 Å². The van der Waals surface area contributed by atoms with Crippen LogP contribution in [0.3, 0.4) is 0 Å². The van der Waals surface area contributed by atoms with Gasteiger partial charge in [-0.1, -0.05) is 6.07 Å². The van der Waals surface area contributed by atoms with Gasteiger partial charge in [0.25, 0.3) is 0 Å². The van der Waals surface area contributed by atoms with E-state index in [4.69, 9.17) is 14.2 Å². The highest BCUT2D eigenvalue weighted by atomic mass is 127. The first kappa shape index (κ1) is 26.0. The Balaban J connectivity index is 0.00000450. The quantitative estimate of drug-likeness (QED) is 0.207. The van der Waals surface area contributed by atoms with Crippen molar-refractivity contribution in [3.63, 3.8) is 0 Å². The third-order valence-electron chi connectivity index (χ3n) is 4.34. The molecule has 30 heavy (non-hydrogen) atoms. The van der Waals surface area contributed by atoms with Gasteiger partial charge in [0.15, 0.2) is 5.96 Å². The van der Waals surface area contributed by atoms with Gasteiger partial charge >= 0.3 is 0 Å². The van der Waals surface area contributed by atoms with Crippen LogP contribution in [0.4, 0.5) is 5.69 Å². The summed E-state index contributed by atoms with van der Waals surface area (Å²) < 4.78 is 16.3. The maximum atomic E-state index is 5.77. The Bertz CT molecular complexity index is 815. The molecule has 0 amide bonds. The first-order valence-corrected chi connectivity index (χ1v) is 9.85. The van der Waals surface area contributed by atoms with E-state index in [0.29, 0.717) is 25.7 Å². The van der Waals surface area contributed by atoms with Gasteiger partial charge in [-0.3, -0.25) is 4.98 Å². The van der Waals surface area contributed by atoms with E-state index >= 15 is 0 Å². The second-order valence-electron chi connectivity index (χ2n) is 6.59. The maximum absolute atomic E-state index is 5.77. The van der Waals surface area contributed by atoms with Crippen LogP contribution in [0.25, 0.3) is 0 Å². The molecule has 2 aromatic rings. The number of guanidine groups is 1. The van der Waals surface area contributed by atoms with Crippen molar-refractivity contribution in [2.75, 3.05) is 39.3 Å². The minimum absolute atomic E-state index is 0. The normalized spacial score (nSPS) is 10.9. The van der Waals surface area contributed by atoms with E-state index < -0.39 is 0 Å². The number of nitrogens with zero attached hydrogens (tertiary/aromatic N) is 2. The largest absolute Gasteiger partial charge is 0.496 e. The van der Waals surface area contributed by atoms with Crippen molar-refractivity contribution in [3.8, 4) is 11.5 Å². The molecule has 0 aliphatic rings. The number of aromatic nitrogens is 1. The summed E-state index contributed by atoms with van der Waals surface area (Å²) in [6.07, 6.45) is 2.67. The number of rotatable bonds is 10. The minimum atomic E-state index is 0. The predicted molar refractivity (Wildman–Crippen MR) is 133 cm³/mol. The first-order valence-electron chi connectivity index (χ1n) is 9.85. The molecule has 0 atom stereocenters. The summed E-state index contributed by atoms with van der Waals surface area (Å²) in [6.45, 7) is 8.53. The van der Waals surface area contributed by atoms with Crippen molar-refractivity contribution in [3.05, 3.63) is 47.3 Å². The molecule has 2 N–H and O–H groups in total. The summed E-state index contributed by atoms with van der Waals surface area (Å²) >= 11 is 0. The number of aryl methyl sites for hydroxylation is 1. The monoisotopic (exact) mass is 528 g/mol. The van der Waals surface area contributed by atoms with Gasteiger partial charge in [0, 0.05) is 55.8 Å². The van der Waals surface area contributed by atoms with E-state index in [1.165, 1.54) is 0 Å². The lowest BCUT2D eigenvalue weighted by Crippen LogP contribution is -2.30. The standard InChI is InChI=1S/C22H32N4O3.HI/c1-6-23-22(25-15-20-17(3)21(28-5)16(2)14-24-20)26-18-9-7-10-19(13-18)29-12-8-11-27-4;/h7,9-10,13-14H,6,8,11-12,15H2,1-5H3,(H2,23,25,26);1H. The van der Waals surface area contributed by atoms with Gasteiger partial charge in [0.1, 0.15) is 11.5 Å². The van der Waals surface area contributed by atoms with E-state index in [0.717, 1.165) is 47.0 Å². The van der Waals surface area contributed by atoms with Gasteiger partial charge in [0.05, 0.1) is 26.0 Å². The van der Waals surface area contributed by atoms with E-state index in [1.807, 2.05) is 51.2 Å². The summed E-state index contributed by atoms with van der Waals surface area (Å²) in [7, 11) is 3.37. The molecule has 0 spiro atoms. The molecule has 1 aromatic carbocycles. The average Bonchev–Trinajstić information content (AvgIpc) is 2.71. The summed E-state index contributed by atoms with van der Waals surface area (Å²) in [5.41, 5.74) is 3.82. The fourth-order valence-electron chi connectivity index (χ4n) is 2.89. The Kier molecular flexibility index (Phi) is 12.1. The Hall–Kier alpha value is -2.07. The number of methoxy groups -OCH3 is 2. The molecule has 7 nitrogen and oxygen atoms in total. The lowest BCUT2D eigenvalue weighted by Gasteiger charge is -2.14. The van der Waals surface area contributed by atoms with Crippen LogP contribution < -0.4 is 20.1 Å². The zero-order valence-electron chi connectivity index (χ0n) is 18.4. The number of pyridine rings is 1. The minimum Gasteiger partial charge on any atom is -0.496 e. The second kappa shape index (κ2) is 14.0. The molecule has 1 aromatic heterocycles. The lowest BCUT2D eigenvalue weighted by atomic mass is 10.1. The fourth-order valence-corrected chi connectivity index (χ4v) is 2.89. The molecule has 8 heteroatoms. The van der Waals surface area contributed by atoms with Crippen molar-refractivity contribution in [2.45, 2.75) is 33.7 Å². The number of halogens is 1. The smallest absolute Gasteiger partial charge is 0.196 e. The van der Waals surface area contributed by atoms with Gasteiger partial charge in [-0.2, -0.15) is 0 Å². The van der Waals surface area contributed by atoms with Gasteiger partial charge in [-0.05, 0) is 32.9 Å². The predicted octanol–water partition coefficient (Wildman–Crippen LogP) is 4.32. The molecule has 0 unspecified atom stereocenters. The van der Waals surface area contributed by atoms with Crippen LogP contribution in [0.15, 0.2) is 35.5 Å². The number of nitrogens with one attached hydrogen (secondary N) is 2. The molecule has 0 aliphatic heterocycles. The van der Waals surface area contributed by atoms with Crippen LogP contribution >= 0.6 is 24.0 Å². The number of ether oxygens (including phenoxy) is 3.